The second kappa shape index (κ2) is 4.57. The minimum Gasteiger partial charge on any atom is -0.453 e. The standard InChI is InChI=1S/C15H20ClNO2/c1-9(2)12-10(15(3)5-4-6-17-15)7-11(16)13-14(12)19-8-18-13/h7,9,17H,4-6,8H2,1-3H3. The van der Waals surface area contributed by atoms with E-state index >= 15 is 0 Å². The molecule has 1 saturated heterocycles. The van der Waals surface area contributed by atoms with Crippen molar-refractivity contribution in [3.05, 3.63) is 22.2 Å². The number of hydrogen-bond donors (Lipinski definition) is 1. The van der Waals surface area contributed by atoms with Crippen LogP contribution < -0.4 is 14.8 Å². The molecule has 1 atom stereocenters. The first kappa shape index (κ1) is 13.1. The maximum Gasteiger partial charge on any atom is 0.231 e. The van der Waals surface area contributed by atoms with Gasteiger partial charge in [-0.2, -0.15) is 0 Å². The molecule has 2 aliphatic rings. The molecule has 19 heavy (non-hydrogen) atoms. The normalized spacial score (nSPS) is 25.3. The van der Waals surface area contributed by atoms with Crippen LogP contribution in [0.5, 0.6) is 11.5 Å². The molecule has 4 heteroatoms. The molecular weight excluding hydrogens is 262 g/mol. The van der Waals surface area contributed by atoms with Crippen LogP contribution in [0.2, 0.25) is 5.02 Å². The summed E-state index contributed by atoms with van der Waals surface area (Å²) in [5.74, 6) is 1.92. The molecule has 0 aliphatic carbocycles. The van der Waals surface area contributed by atoms with Gasteiger partial charge in [-0.25, -0.2) is 0 Å². The van der Waals surface area contributed by atoms with Crippen molar-refractivity contribution < 1.29 is 9.47 Å². The average molecular weight is 282 g/mol. The van der Waals surface area contributed by atoms with Gasteiger partial charge in [0.2, 0.25) is 6.79 Å². The first-order chi connectivity index (χ1) is 9.03. The van der Waals surface area contributed by atoms with Crippen LogP contribution in [0.15, 0.2) is 6.07 Å². The highest BCUT2D eigenvalue weighted by molar-refractivity contribution is 6.32. The van der Waals surface area contributed by atoms with E-state index in [1.54, 1.807) is 0 Å². The molecule has 0 aromatic heterocycles. The van der Waals surface area contributed by atoms with Crippen molar-refractivity contribution in [3.63, 3.8) is 0 Å². The van der Waals surface area contributed by atoms with Gasteiger partial charge in [-0.05, 0) is 43.9 Å². The fraction of sp³-hybridized carbons (Fsp3) is 0.600. The summed E-state index contributed by atoms with van der Waals surface area (Å²) >= 11 is 6.36. The summed E-state index contributed by atoms with van der Waals surface area (Å²) in [6, 6.07) is 2.06. The van der Waals surface area contributed by atoms with Crippen molar-refractivity contribution in [1.29, 1.82) is 0 Å². The Labute approximate surface area is 119 Å². The number of halogens is 1. The molecule has 3 rings (SSSR count). The molecule has 1 fully saturated rings. The van der Waals surface area contributed by atoms with Gasteiger partial charge in [0.05, 0.1) is 5.02 Å². The topological polar surface area (TPSA) is 30.5 Å². The van der Waals surface area contributed by atoms with Gasteiger partial charge < -0.3 is 14.8 Å². The Morgan fingerprint density at radius 1 is 1.32 bits per heavy atom. The van der Waals surface area contributed by atoms with E-state index in [2.05, 4.69) is 32.2 Å². The Bertz CT molecular complexity index is 507. The highest BCUT2D eigenvalue weighted by atomic mass is 35.5. The molecule has 3 nitrogen and oxygen atoms in total. The fourth-order valence-electron chi connectivity index (χ4n) is 3.20. The number of nitrogens with one attached hydrogen (secondary N) is 1. The summed E-state index contributed by atoms with van der Waals surface area (Å²) in [6.07, 6.45) is 2.32. The van der Waals surface area contributed by atoms with Gasteiger partial charge in [0.1, 0.15) is 0 Å². The number of rotatable bonds is 2. The Morgan fingerprint density at radius 3 is 2.68 bits per heavy atom. The Hall–Kier alpha value is -0.930. The third-order valence-corrected chi connectivity index (χ3v) is 4.46. The summed E-state index contributed by atoms with van der Waals surface area (Å²) in [5.41, 5.74) is 2.48. The molecule has 1 aromatic carbocycles. The second-order valence-electron chi connectivity index (χ2n) is 5.90. The second-order valence-corrected chi connectivity index (χ2v) is 6.31. The van der Waals surface area contributed by atoms with E-state index in [9.17, 15) is 0 Å². The van der Waals surface area contributed by atoms with Crippen molar-refractivity contribution in [3.8, 4) is 11.5 Å². The highest BCUT2D eigenvalue weighted by Gasteiger charge is 2.36. The molecule has 0 saturated carbocycles. The first-order valence-corrected chi connectivity index (χ1v) is 7.28. The molecule has 0 radical (unpaired) electrons. The lowest BCUT2D eigenvalue weighted by molar-refractivity contribution is 0.173. The Balaban J connectivity index is 2.21. The molecule has 1 unspecified atom stereocenters. The van der Waals surface area contributed by atoms with E-state index in [1.807, 2.05) is 0 Å². The number of ether oxygens (including phenoxy) is 2. The van der Waals surface area contributed by atoms with Crippen LogP contribution in [0.3, 0.4) is 0 Å². The zero-order valence-electron chi connectivity index (χ0n) is 11.7. The predicted octanol–water partition coefficient (Wildman–Crippen LogP) is 3.79. The predicted molar refractivity (Wildman–Crippen MR) is 76.3 cm³/mol. The van der Waals surface area contributed by atoms with Gasteiger partial charge >= 0.3 is 0 Å². The zero-order chi connectivity index (χ0) is 13.6. The maximum atomic E-state index is 6.36. The third kappa shape index (κ3) is 2.00. The minimum absolute atomic E-state index is 0.00970. The van der Waals surface area contributed by atoms with Crippen LogP contribution in [0, 0.1) is 0 Å². The van der Waals surface area contributed by atoms with E-state index in [1.165, 1.54) is 17.5 Å². The van der Waals surface area contributed by atoms with Crippen molar-refractivity contribution >= 4 is 11.6 Å². The van der Waals surface area contributed by atoms with Crippen LogP contribution in [0.1, 0.15) is 50.7 Å². The third-order valence-electron chi connectivity index (χ3n) is 4.18. The average Bonchev–Trinajstić information content (AvgIpc) is 2.97. The van der Waals surface area contributed by atoms with E-state index in [-0.39, 0.29) is 12.3 Å². The Morgan fingerprint density at radius 2 is 2.05 bits per heavy atom. The van der Waals surface area contributed by atoms with Gasteiger partial charge in [-0.3, -0.25) is 0 Å². The van der Waals surface area contributed by atoms with Gasteiger partial charge in [0, 0.05) is 11.1 Å². The first-order valence-electron chi connectivity index (χ1n) is 6.90. The summed E-state index contributed by atoms with van der Waals surface area (Å²) < 4.78 is 11.2. The van der Waals surface area contributed by atoms with Gasteiger partial charge in [-0.1, -0.05) is 25.4 Å². The van der Waals surface area contributed by atoms with E-state index in [4.69, 9.17) is 21.1 Å². The van der Waals surface area contributed by atoms with E-state index < -0.39 is 0 Å². The van der Waals surface area contributed by atoms with Gasteiger partial charge in [0.25, 0.3) is 0 Å². The molecule has 104 valence electrons. The van der Waals surface area contributed by atoms with Crippen LogP contribution in [-0.4, -0.2) is 13.3 Å². The molecule has 0 amide bonds. The van der Waals surface area contributed by atoms with Crippen molar-refractivity contribution in [2.75, 3.05) is 13.3 Å². The van der Waals surface area contributed by atoms with Crippen LogP contribution >= 0.6 is 11.6 Å². The smallest absolute Gasteiger partial charge is 0.231 e. The highest BCUT2D eigenvalue weighted by Crippen LogP contribution is 2.49. The van der Waals surface area contributed by atoms with Gasteiger partial charge in [-0.15, -0.1) is 0 Å². The molecule has 0 spiro atoms. The SMILES string of the molecule is CC(C)c1c(C2(C)CCCN2)cc(Cl)c2c1OCO2. The fourth-order valence-corrected chi connectivity index (χ4v) is 3.45. The lowest BCUT2D eigenvalue weighted by Crippen LogP contribution is -2.34. The largest absolute Gasteiger partial charge is 0.453 e. The summed E-state index contributed by atoms with van der Waals surface area (Å²) in [5, 5.41) is 4.26. The summed E-state index contributed by atoms with van der Waals surface area (Å²) in [6.45, 7) is 7.95. The molecular formula is C15H20ClNO2. The van der Waals surface area contributed by atoms with Crippen LogP contribution in [0.4, 0.5) is 0 Å². The number of hydrogen-bond acceptors (Lipinski definition) is 3. The van der Waals surface area contributed by atoms with Crippen molar-refractivity contribution in [2.24, 2.45) is 0 Å². The number of benzene rings is 1. The van der Waals surface area contributed by atoms with Gasteiger partial charge in [0.15, 0.2) is 11.5 Å². The zero-order valence-corrected chi connectivity index (χ0v) is 12.4. The van der Waals surface area contributed by atoms with Crippen molar-refractivity contribution in [1.82, 2.24) is 5.32 Å². The molecule has 2 heterocycles. The molecule has 2 aliphatic heterocycles. The van der Waals surface area contributed by atoms with Crippen LogP contribution in [0.25, 0.3) is 0 Å². The lowest BCUT2D eigenvalue weighted by Gasteiger charge is -2.30. The Kier molecular flexibility index (Phi) is 3.14. The molecule has 1 aromatic rings. The van der Waals surface area contributed by atoms with Crippen molar-refractivity contribution in [2.45, 2.75) is 45.1 Å². The molecule has 1 N–H and O–H groups in total. The van der Waals surface area contributed by atoms with E-state index in [0.717, 1.165) is 18.7 Å². The monoisotopic (exact) mass is 281 g/mol. The minimum atomic E-state index is -0.00970. The summed E-state index contributed by atoms with van der Waals surface area (Å²) in [4.78, 5) is 0. The molecule has 0 bridgehead atoms. The lowest BCUT2D eigenvalue weighted by atomic mass is 9.82. The summed E-state index contributed by atoms with van der Waals surface area (Å²) in [7, 11) is 0. The quantitative estimate of drug-likeness (QED) is 0.895. The van der Waals surface area contributed by atoms with Crippen LogP contribution in [-0.2, 0) is 5.54 Å². The number of fused-ring (bicyclic) bond motifs is 1. The maximum absolute atomic E-state index is 6.36. The van der Waals surface area contributed by atoms with E-state index in [0.29, 0.717) is 16.7 Å².